The van der Waals surface area contributed by atoms with Crippen molar-refractivity contribution in [2.75, 3.05) is 13.6 Å². The van der Waals surface area contributed by atoms with Crippen molar-refractivity contribution in [3.63, 3.8) is 0 Å². The third kappa shape index (κ3) is 2.50. The summed E-state index contributed by atoms with van der Waals surface area (Å²) in [6.07, 6.45) is -0.963. The molecule has 0 atom stereocenters. The van der Waals surface area contributed by atoms with E-state index in [-0.39, 0.29) is 0 Å². The second-order valence-electron chi connectivity index (χ2n) is 5.12. The first-order valence-corrected chi connectivity index (χ1v) is 6.88. The van der Waals surface area contributed by atoms with Gasteiger partial charge in [-0.15, -0.1) is 0 Å². The maximum absolute atomic E-state index is 12.5. The summed E-state index contributed by atoms with van der Waals surface area (Å²) < 4.78 is 25.0. The van der Waals surface area contributed by atoms with Crippen molar-refractivity contribution in [3.05, 3.63) is 54.2 Å². The van der Waals surface area contributed by atoms with Gasteiger partial charge in [0.05, 0.1) is 17.6 Å². The molecule has 0 N–H and O–H groups in total. The minimum absolute atomic E-state index is 0.345. The van der Waals surface area contributed by atoms with Crippen molar-refractivity contribution in [1.82, 2.24) is 9.88 Å². The highest BCUT2D eigenvalue weighted by molar-refractivity contribution is 6.15. The van der Waals surface area contributed by atoms with Crippen molar-refractivity contribution in [1.29, 1.82) is 0 Å². The van der Waals surface area contributed by atoms with E-state index in [1.807, 2.05) is 30.3 Å². The van der Waals surface area contributed by atoms with Crippen molar-refractivity contribution in [2.45, 2.75) is 6.43 Å². The van der Waals surface area contributed by atoms with Crippen molar-refractivity contribution < 1.29 is 13.6 Å². The second kappa shape index (κ2) is 5.67. The molecule has 0 saturated carbocycles. The number of rotatable bonds is 3. The van der Waals surface area contributed by atoms with Crippen LogP contribution in [0.3, 0.4) is 0 Å². The van der Waals surface area contributed by atoms with Crippen molar-refractivity contribution in [2.24, 2.45) is 0 Å². The molecule has 1 amide bonds. The van der Waals surface area contributed by atoms with E-state index in [9.17, 15) is 13.6 Å². The summed E-state index contributed by atoms with van der Waals surface area (Å²) in [5, 5.41) is 2.71. The van der Waals surface area contributed by atoms with E-state index in [4.69, 9.17) is 0 Å². The second-order valence-corrected chi connectivity index (χ2v) is 5.12. The lowest BCUT2D eigenvalue weighted by Crippen LogP contribution is -2.31. The maximum atomic E-state index is 12.5. The van der Waals surface area contributed by atoms with Crippen LogP contribution in [0.1, 0.15) is 10.4 Å². The highest BCUT2D eigenvalue weighted by atomic mass is 19.3. The molecule has 22 heavy (non-hydrogen) atoms. The summed E-state index contributed by atoms with van der Waals surface area (Å²) in [6, 6.07) is 13.0. The van der Waals surface area contributed by atoms with E-state index in [0.717, 1.165) is 21.1 Å². The molecule has 0 aliphatic heterocycles. The van der Waals surface area contributed by atoms with Crippen LogP contribution in [0.2, 0.25) is 0 Å². The van der Waals surface area contributed by atoms with Crippen LogP contribution in [0.4, 0.5) is 8.78 Å². The maximum Gasteiger partial charge on any atom is 0.256 e. The normalized spacial score (nSPS) is 11.3. The molecule has 112 valence electrons. The van der Waals surface area contributed by atoms with Gasteiger partial charge in [0, 0.05) is 18.6 Å². The molecule has 1 aromatic heterocycles. The molecular weight excluding hydrogens is 286 g/mol. The van der Waals surface area contributed by atoms with Gasteiger partial charge in [0.25, 0.3) is 12.3 Å². The molecule has 0 aliphatic carbocycles. The van der Waals surface area contributed by atoms with Crippen LogP contribution >= 0.6 is 0 Å². The molecule has 0 unspecified atom stereocenters. The van der Waals surface area contributed by atoms with E-state index >= 15 is 0 Å². The molecule has 5 heteroatoms. The smallest absolute Gasteiger partial charge is 0.256 e. The Morgan fingerprint density at radius 3 is 2.68 bits per heavy atom. The fourth-order valence-corrected chi connectivity index (χ4v) is 2.59. The Balaban J connectivity index is 2.21. The van der Waals surface area contributed by atoms with Gasteiger partial charge >= 0.3 is 0 Å². The Labute approximate surface area is 126 Å². The highest BCUT2D eigenvalue weighted by Crippen LogP contribution is 2.27. The summed E-state index contributed by atoms with van der Waals surface area (Å²) in [4.78, 5) is 17.8. The van der Waals surface area contributed by atoms with E-state index in [1.54, 1.807) is 18.3 Å². The van der Waals surface area contributed by atoms with Gasteiger partial charge in [0.2, 0.25) is 0 Å². The van der Waals surface area contributed by atoms with Crippen molar-refractivity contribution in [3.8, 4) is 0 Å². The van der Waals surface area contributed by atoms with Crippen LogP contribution in [0.25, 0.3) is 21.7 Å². The number of aromatic nitrogens is 1. The number of pyridine rings is 1. The average molecular weight is 300 g/mol. The van der Waals surface area contributed by atoms with Gasteiger partial charge in [-0.1, -0.05) is 30.3 Å². The Bertz CT molecular complexity index is 848. The summed E-state index contributed by atoms with van der Waals surface area (Å²) in [5.41, 5.74) is 0.879. The number of hydrogen-bond donors (Lipinski definition) is 0. The summed E-state index contributed by atoms with van der Waals surface area (Å²) in [7, 11) is 1.37. The van der Waals surface area contributed by atoms with Gasteiger partial charge in [0.15, 0.2) is 0 Å². The van der Waals surface area contributed by atoms with Crippen LogP contribution in [-0.4, -0.2) is 35.8 Å². The first-order valence-electron chi connectivity index (χ1n) is 6.88. The van der Waals surface area contributed by atoms with Crippen LogP contribution in [0.15, 0.2) is 48.7 Å². The number of nitrogens with zero attached hydrogens (tertiary/aromatic N) is 2. The topological polar surface area (TPSA) is 33.2 Å². The van der Waals surface area contributed by atoms with E-state index in [1.165, 1.54) is 7.05 Å². The fourth-order valence-electron chi connectivity index (χ4n) is 2.59. The van der Waals surface area contributed by atoms with Crippen molar-refractivity contribution >= 4 is 27.6 Å². The van der Waals surface area contributed by atoms with Crippen LogP contribution < -0.4 is 0 Å². The van der Waals surface area contributed by atoms with E-state index in [0.29, 0.717) is 11.1 Å². The standard InChI is InChI=1S/C17H14F2N2O/c1-21(10-15(18)19)17(22)14-9-11-5-2-3-6-12(11)13-7-4-8-20-16(13)14/h2-9,15H,10H2,1H3. The summed E-state index contributed by atoms with van der Waals surface area (Å²) >= 11 is 0. The molecule has 0 saturated heterocycles. The molecule has 0 fully saturated rings. The minimum atomic E-state index is -2.56. The molecule has 3 rings (SSSR count). The predicted octanol–water partition coefficient (Wildman–Crippen LogP) is 3.73. The number of amides is 1. The predicted molar refractivity (Wildman–Crippen MR) is 82.2 cm³/mol. The van der Waals surface area contributed by atoms with Gasteiger partial charge in [-0.05, 0) is 22.9 Å². The summed E-state index contributed by atoms with van der Waals surface area (Å²) in [6.45, 7) is -0.597. The Kier molecular flexibility index (Phi) is 3.71. The Morgan fingerprint density at radius 1 is 1.18 bits per heavy atom. The van der Waals surface area contributed by atoms with Gasteiger partial charge in [-0.2, -0.15) is 0 Å². The number of halogens is 2. The average Bonchev–Trinajstić information content (AvgIpc) is 2.52. The number of carbonyl (C=O) groups excluding carboxylic acids is 1. The quantitative estimate of drug-likeness (QED) is 0.691. The fraction of sp³-hybridized carbons (Fsp3) is 0.176. The molecule has 0 spiro atoms. The first-order chi connectivity index (χ1) is 10.6. The zero-order valence-electron chi connectivity index (χ0n) is 12.0. The monoisotopic (exact) mass is 300 g/mol. The molecular formula is C17H14F2N2O. The molecule has 3 aromatic rings. The third-order valence-electron chi connectivity index (χ3n) is 3.60. The molecule has 3 nitrogen and oxygen atoms in total. The number of benzene rings is 2. The zero-order chi connectivity index (χ0) is 15.7. The first kappa shape index (κ1) is 14.4. The van der Waals surface area contributed by atoms with Gasteiger partial charge in [-0.3, -0.25) is 9.78 Å². The third-order valence-corrected chi connectivity index (χ3v) is 3.60. The van der Waals surface area contributed by atoms with Crippen LogP contribution in [0, 0.1) is 0 Å². The van der Waals surface area contributed by atoms with Crippen LogP contribution in [0.5, 0.6) is 0 Å². The lowest BCUT2D eigenvalue weighted by Gasteiger charge is -2.18. The molecule has 0 aliphatic rings. The van der Waals surface area contributed by atoms with Gasteiger partial charge < -0.3 is 4.90 Å². The lowest BCUT2D eigenvalue weighted by molar-refractivity contribution is 0.0622. The molecule has 0 radical (unpaired) electrons. The molecule has 2 aromatic carbocycles. The number of carbonyl (C=O) groups is 1. The van der Waals surface area contributed by atoms with Gasteiger partial charge in [-0.25, -0.2) is 8.78 Å². The molecule has 0 bridgehead atoms. The highest BCUT2D eigenvalue weighted by Gasteiger charge is 2.19. The largest absolute Gasteiger partial charge is 0.336 e. The van der Waals surface area contributed by atoms with Crippen LogP contribution in [-0.2, 0) is 0 Å². The summed E-state index contributed by atoms with van der Waals surface area (Å²) in [5.74, 6) is -0.449. The van der Waals surface area contributed by atoms with E-state index < -0.39 is 18.9 Å². The van der Waals surface area contributed by atoms with Gasteiger partial charge in [0.1, 0.15) is 0 Å². The Morgan fingerprint density at radius 2 is 1.91 bits per heavy atom. The SMILES string of the molecule is CN(CC(F)F)C(=O)c1cc2ccccc2c2cccnc12. The molecule has 1 heterocycles. The van der Waals surface area contributed by atoms with E-state index in [2.05, 4.69) is 4.98 Å². The number of hydrogen-bond acceptors (Lipinski definition) is 2. The zero-order valence-corrected chi connectivity index (χ0v) is 12.0. The number of fused-ring (bicyclic) bond motifs is 3. The lowest BCUT2D eigenvalue weighted by atomic mass is 10.00. The number of alkyl halides is 2. The Hall–Kier alpha value is -2.56. The minimum Gasteiger partial charge on any atom is -0.336 e.